The lowest BCUT2D eigenvalue weighted by atomic mass is 10.2. The Kier molecular flexibility index (Phi) is 5.46. The predicted octanol–water partition coefficient (Wildman–Crippen LogP) is 4.54. The summed E-state index contributed by atoms with van der Waals surface area (Å²) in [4.78, 5) is 8.92. The van der Waals surface area contributed by atoms with Crippen LogP contribution in [-0.4, -0.2) is 16.6 Å². The van der Waals surface area contributed by atoms with Gasteiger partial charge in [-0.15, -0.1) is 0 Å². The molecule has 1 heterocycles. The fraction of sp³-hybridized carbons (Fsp3) is 0.200. The van der Waals surface area contributed by atoms with Crippen LogP contribution in [0.25, 0.3) is 0 Å². The number of hydrogen-bond donors (Lipinski definition) is 2. The Hall–Kier alpha value is -3.08. The Morgan fingerprint density at radius 2 is 1.64 bits per heavy atom. The Labute approximate surface area is 148 Å². The zero-order chi connectivity index (χ0) is 17.5. The van der Waals surface area contributed by atoms with E-state index < -0.39 is 0 Å². The molecule has 3 aromatic rings. The van der Waals surface area contributed by atoms with Crippen molar-refractivity contribution in [2.75, 3.05) is 17.2 Å². The highest BCUT2D eigenvalue weighted by molar-refractivity contribution is 5.65. The van der Waals surface area contributed by atoms with Crippen molar-refractivity contribution in [1.29, 1.82) is 0 Å². The van der Waals surface area contributed by atoms with Crippen LogP contribution < -0.4 is 15.4 Å². The number of hydrogen-bond acceptors (Lipinski definition) is 5. The third-order valence-corrected chi connectivity index (χ3v) is 3.60. The first-order chi connectivity index (χ1) is 12.2. The maximum absolute atomic E-state index is 5.65. The molecule has 0 unspecified atom stereocenters. The van der Waals surface area contributed by atoms with Crippen LogP contribution in [0.15, 0.2) is 60.7 Å². The Balaban J connectivity index is 1.75. The van der Waals surface area contributed by atoms with E-state index >= 15 is 0 Å². The van der Waals surface area contributed by atoms with E-state index in [2.05, 4.69) is 32.7 Å². The third-order valence-electron chi connectivity index (χ3n) is 3.60. The number of anilines is 3. The molecule has 25 heavy (non-hydrogen) atoms. The molecule has 0 radical (unpaired) electrons. The highest BCUT2D eigenvalue weighted by Crippen LogP contribution is 2.27. The molecule has 0 saturated heterocycles. The monoisotopic (exact) mass is 334 g/mol. The van der Waals surface area contributed by atoms with Gasteiger partial charge in [-0.05, 0) is 31.5 Å². The molecule has 0 spiro atoms. The second kappa shape index (κ2) is 8.15. The SMILES string of the molecule is CCOc1ccccc1Nc1cc(NCc2ccccc2)nc(C)n1. The van der Waals surface area contributed by atoms with Crippen LogP contribution >= 0.6 is 0 Å². The Morgan fingerprint density at radius 1 is 0.920 bits per heavy atom. The van der Waals surface area contributed by atoms with E-state index in [0.29, 0.717) is 19.0 Å². The average molecular weight is 334 g/mol. The molecule has 5 nitrogen and oxygen atoms in total. The normalized spacial score (nSPS) is 10.3. The first-order valence-electron chi connectivity index (χ1n) is 8.37. The van der Waals surface area contributed by atoms with Crippen molar-refractivity contribution >= 4 is 17.3 Å². The lowest BCUT2D eigenvalue weighted by Crippen LogP contribution is -2.05. The van der Waals surface area contributed by atoms with E-state index in [1.807, 2.05) is 62.4 Å². The van der Waals surface area contributed by atoms with Crippen LogP contribution in [0, 0.1) is 6.92 Å². The van der Waals surface area contributed by atoms with Crippen LogP contribution in [-0.2, 0) is 6.54 Å². The summed E-state index contributed by atoms with van der Waals surface area (Å²) in [5, 5.41) is 6.67. The lowest BCUT2D eigenvalue weighted by Gasteiger charge is -2.13. The number of ether oxygens (including phenoxy) is 1. The zero-order valence-electron chi connectivity index (χ0n) is 14.5. The number of nitrogens with one attached hydrogen (secondary N) is 2. The van der Waals surface area contributed by atoms with Crippen LogP contribution in [0.3, 0.4) is 0 Å². The van der Waals surface area contributed by atoms with Gasteiger partial charge in [-0.3, -0.25) is 0 Å². The number of benzene rings is 2. The van der Waals surface area contributed by atoms with Crippen LogP contribution in [0.1, 0.15) is 18.3 Å². The molecular formula is C20H22N4O. The quantitative estimate of drug-likeness (QED) is 0.664. The predicted molar refractivity (Wildman–Crippen MR) is 101 cm³/mol. The van der Waals surface area contributed by atoms with Crippen molar-refractivity contribution in [1.82, 2.24) is 9.97 Å². The van der Waals surface area contributed by atoms with E-state index in [9.17, 15) is 0 Å². The van der Waals surface area contributed by atoms with Gasteiger partial charge in [-0.25, -0.2) is 9.97 Å². The summed E-state index contributed by atoms with van der Waals surface area (Å²) in [6.07, 6.45) is 0. The number of aromatic nitrogens is 2. The van der Waals surface area contributed by atoms with Crippen molar-refractivity contribution in [3.63, 3.8) is 0 Å². The Morgan fingerprint density at radius 3 is 2.44 bits per heavy atom. The van der Waals surface area contributed by atoms with Gasteiger partial charge in [0.1, 0.15) is 23.2 Å². The third kappa shape index (κ3) is 4.70. The molecule has 0 bridgehead atoms. The molecule has 0 saturated carbocycles. The van der Waals surface area contributed by atoms with Crippen molar-refractivity contribution < 1.29 is 4.74 Å². The maximum atomic E-state index is 5.65. The molecule has 0 aliphatic rings. The minimum Gasteiger partial charge on any atom is -0.492 e. The summed E-state index contributed by atoms with van der Waals surface area (Å²) < 4.78 is 5.65. The average Bonchev–Trinajstić information content (AvgIpc) is 2.62. The second-order valence-corrected chi connectivity index (χ2v) is 5.58. The first-order valence-corrected chi connectivity index (χ1v) is 8.37. The smallest absolute Gasteiger partial charge is 0.142 e. The molecule has 2 aromatic carbocycles. The van der Waals surface area contributed by atoms with Gasteiger partial charge in [0, 0.05) is 12.6 Å². The van der Waals surface area contributed by atoms with Crippen LogP contribution in [0.5, 0.6) is 5.75 Å². The molecule has 0 atom stereocenters. The maximum Gasteiger partial charge on any atom is 0.142 e. The van der Waals surface area contributed by atoms with Gasteiger partial charge in [0.05, 0.1) is 12.3 Å². The topological polar surface area (TPSA) is 59.1 Å². The summed E-state index contributed by atoms with van der Waals surface area (Å²) in [5.74, 6) is 3.03. The van der Waals surface area contributed by atoms with E-state index in [0.717, 1.165) is 23.1 Å². The zero-order valence-corrected chi connectivity index (χ0v) is 14.5. The van der Waals surface area contributed by atoms with E-state index in [4.69, 9.17) is 4.74 Å². The van der Waals surface area contributed by atoms with Crippen molar-refractivity contribution in [2.45, 2.75) is 20.4 Å². The summed E-state index contributed by atoms with van der Waals surface area (Å²) in [6, 6.07) is 20.0. The van der Waals surface area contributed by atoms with Crippen molar-refractivity contribution in [2.24, 2.45) is 0 Å². The van der Waals surface area contributed by atoms with E-state index in [-0.39, 0.29) is 0 Å². The molecular weight excluding hydrogens is 312 g/mol. The number of nitrogens with zero attached hydrogens (tertiary/aromatic N) is 2. The molecule has 1 aromatic heterocycles. The second-order valence-electron chi connectivity index (χ2n) is 5.58. The summed E-state index contributed by atoms with van der Waals surface area (Å²) >= 11 is 0. The van der Waals surface area contributed by atoms with Gasteiger partial charge >= 0.3 is 0 Å². The fourth-order valence-electron chi connectivity index (χ4n) is 2.50. The Bertz CT molecular complexity index is 821. The van der Waals surface area contributed by atoms with Gasteiger partial charge in [0.15, 0.2) is 0 Å². The molecule has 0 fully saturated rings. The molecule has 3 rings (SSSR count). The van der Waals surface area contributed by atoms with E-state index in [1.54, 1.807) is 0 Å². The van der Waals surface area contributed by atoms with Crippen LogP contribution in [0.2, 0.25) is 0 Å². The van der Waals surface area contributed by atoms with Gasteiger partial charge < -0.3 is 15.4 Å². The molecule has 0 aliphatic carbocycles. The lowest BCUT2D eigenvalue weighted by molar-refractivity contribution is 0.342. The molecule has 2 N–H and O–H groups in total. The van der Waals surface area contributed by atoms with Gasteiger partial charge in [0.25, 0.3) is 0 Å². The van der Waals surface area contributed by atoms with Gasteiger partial charge in [-0.2, -0.15) is 0 Å². The summed E-state index contributed by atoms with van der Waals surface area (Å²) in [7, 11) is 0. The number of rotatable bonds is 7. The number of aryl methyl sites for hydroxylation is 1. The summed E-state index contributed by atoms with van der Waals surface area (Å²) in [5.41, 5.74) is 2.09. The van der Waals surface area contributed by atoms with Gasteiger partial charge in [0.2, 0.25) is 0 Å². The fourth-order valence-corrected chi connectivity index (χ4v) is 2.50. The highest BCUT2D eigenvalue weighted by Gasteiger charge is 2.06. The number of para-hydroxylation sites is 2. The first kappa shape index (κ1) is 16.8. The highest BCUT2D eigenvalue weighted by atomic mass is 16.5. The molecule has 128 valence electrons. The summed E-state index contributed by atoms with van der Waals surface area (Å²) in [6.45, 7) is 5.18. The molecule has 0 amide bonds. The molecule has 0 aliphatic heterocycles. The van der Waals surface area contributed by atoms with Crippen molar-refractivity contribution in [3.8, 4) is 5.75 Å². The standard InChI is InChI=1S/C20H22N4O/c1-3-25-18-12-8-7-11-17(18)24-20-13-19(22-15(2)23-20)21-14-16-9-5-4-6-10-16/h4-13H,3,14H2,1-2H3,(H2,21,22,23,24). The van der Waals surface area contributed by atoms with Crippen molar-refractivity contribution in [3.05, 3.63) is 72.1 Å². The molecule has 5 heteroatoms. The minimum absolute atomic E-state index is 0.616. The van der Waals surface area contributed by atoms with Crippen LogP contribution in [0.4, 0.5) is 17.3 Å². The largest absolute Gasteiger partial charge is 0.492 e. The van der Waals surface area contributed by atoms with Gasteiger partial charge in [-0.1, -0.05) is 42.5 Å². The van der Waals surface area contributed by atoms with E-state index in [1.165, 1.54) is 5.56 Å². The minimum atomic E-state index is 0.616.